The molecule has 1 rings (SSSR count). The summed E-state index contributed by atoms with van der Waals surface area (Å²) in [6.45, 7) is 3.93. The van der Waals surface area contributed by atoms with Gasteiger partial charge in [-0.05, 0) is 96.3 Å². The highest BCUT2D eigenvalue weighted by Gasteiger charge is 2.51. The van der Waals surface area contributed by atoms with Crippen LogP contribution in [0.4, 0.5) is 0 Å². The van der Waals surface area contributed by atoms with Gasteiger partial charge in [0.1, 0.15) is 42.7 Å². The van der Waals surface area contributed by atoms with Crippen molar-refractivity contribution in [3.8, 4) is 0 Å². The van der Waals surface area contributed by atoms with Gasteiger partial charge in [-0.3, -0.25) is 13.8 Å². The molecule has 6 atom stereocenters. The normalized spacial score (nSPS) is 22.4. The molecule has 6 N–H and O–H groups in total. The molecular formula is C53H87O12P. The molecule has 12 nitrogen and oxygen atoms in total. The van der Waals surface area contributed by atoms with E-state index in [0.717, 1.165) is 128 Å². The molecule has 1 aliphatic carbocycles. The summed E-state index contributed by atoms with van der Waals surface area (Å²) in [7, 11) is -5.04. The van der Waals surface area contributed by atoms with Crippen molar-refractivity contribution in [1.29, 1.82) is 0 Å². The first-order valence-corrected chi connectivity index (χ1v) is 26.2. The molecule has 0 aromatic heterocycles. The standard InChI is InChI=1S/C53H87O12P/c1-3-5-7-9-11-13-15-17-19-21-22-23-24-25-27-29-31-33-35-37-39-41-43-62-44-46(45-63-66(60,61)65-53-51(58)49(56)48(55)50(57)52(53)59)64-47(54)42-40-38-36-34-32-30-28-26-20-18-16-14-12-10-8-6-4-2/h5-8,11-14,17-20,22-23,25,27,31,33,46,48-53,55-59H,3-4,9-10,15-16,21,24,26,28-30,32,34-45H2,1-2H3,(H,60,61)/b7-5-,8-6-,13-11-,14-12-,19-17-,20-18-,23-22-,27-25-,33-31-. The van der Waals surface area contributed by atoms with Crippen LogP contribution >= 0.6 is 7.82 Å². The minimum Gasteiger partial charge on any atom is -0.457 e. The van der Waals surface area contributed by atoms with Gasteiger partial charge in [-0.15, -0.1) is 0 Å². The van der Waals surface area contributed by atoms with Crippen LogP contribution in [0, 0.1) is 0 Å². The molecule has 0 heterocycles. The Morgan fingerprint density at radius 2 is 0.848 bits per heavy atom. The number of hydrogen-bond acceptors (Lipinski definition) is 11. The average molecular weight is 947 g/mol. The SMILES string of the molecule is CC/C=C\C/C=C\C/C=C\C/C=C\C/C=C\C/C=C\CCCCCOCC(COP(=O)(O)OC1C(O)C(O)C(O)C(O)C1O)OC(=O)CCCCCCCCC/C=C\C/C=C\C/C=C\CC. The zero-order valence-electron chi connectivity index (χ0n) is 40.2. The lowest BCUT2D eigenvalue weighted by Crippen LogP contribution is -2.64. The number of carbonyl (C=O) groups excluding carboxylic acids is 1. The van der Waals surface area contributed by atoms with Crippen LogP contribution in [0.25, 0.3) is 0 Å². The summed E-state index contributed by atoms with van der Waals surface area (Å²) in [5.41, 5.74) is 0. The monoisotopic (exact) mass is 947 g/mol. The molecule has 1 aliphatic rings. The summed E-state index contributed by atoms with van der Waals surface area (Å²) in [4.78, 5) is 23.2. The third-order valence-electron chi connectivity index (χ3n) is 10.6. The van der Waals surface area contributed by atoms with Crippen LogP contribution in [0.15, 0.2) is 109 Å². The molecule has 0 radical (unpaired) electrons. The maximum Gasteiger partial charge on any atom is 0.472 e. The number of carbonyl (C=O) groups is 1. The number of hydrogen-bond donors (Lipinski definition) is 6. The predicted molar refractivity (Wildman–Crippen MR) is 267 cm³/mol. The van der Waals surface area contributed by atoms with Crippen LogP contribution in [0.2, 0.25) is 0 Å². The number of esters is 1. The number of ether oxygens (including phenoxy) is 2. The number of allylic oxidation sites excluding steroid dienone is 18. The van der Waals surface area contributed by atoms with Crippen molar-refractivity contribution >= 4 is 13.8 Å². The van der Waals surface area contributed by atoms with E-state index in [-0.39, 0.29) is 13.0 Å². The number of aliphatic hydroxyl groups excluding tert-OH is 5. The van der Waals surface area contributed by atoms with E-state index < -0.39 is 63.1 Å². The Labute approximate surface area is 397 Å². The summed E-state index contributed by atoms with van der Waals surface area (Å²) in [6.07, 6.45) is 47.2. The maximum atomic E-state index is 12.8. The summed E-state index contributed by atoms with van der Waals surface area (Å²) in [5, 5.41) is 50.3. The second-order valence-electron chi connectivity index (χ2n) is 16.5. The largest absolute Gasteiger partial charge is 0.472 e. The topological polar surface area (TPSA) is 192 Å². The summed E-state index contributed by atoms with van der Waals surface area (Å²) in [5.74, 6) is -0.505. The molecule has 0 saturated heterocycles. The number of phosphoric ester groups is 1. The highest BCUT2D eigenvalue weighted by atomic mass is 31.2. The second kappa shape index (κ2) is 42.1. The molecule has 6 unspecified atom stereocenters. The smallest absolute Gasteiger partial charge is 0.457 e. The summed E-state index contributed by atoms with van der Waals surface area (Å²) >= 11 is 0. The molecule has 0 aliphatic heterocycles. The lowest BCUT2D eigenvalue weighted by molar-refractivity contribution is -0.220. The molecule has 66 heavy (non-hydrogen) atoms. The van der Waals surface area contributed by atoms with Gasteiger partial charge in [0.05, 0.1) is 13.2 Å². The maximum absolute atomic E-state index is 12.8. The van der Waals surface area contributed by atoms with Gasteiger partial charge in [-0.2, -0.15) is 0 Å². The molecule has 0 amide bonds. The Bertz CT molecular complexity index is 1500. The van der Waals surface area contributed by atoms with Gasteiger partial charge in [0, 0.05) is 13.0 Å². The van der Waals surface area contributed by atoms with E-state index in [2.05, 4.69) is 123 Å². The van der Waals surface area contributed by atoms with E-state index in [1.165, 1.54) is 0 Å². The Balaban J connectivity index is 2.41. The molecular weight excluding hydrogens is 860 g/mol. The fourth-order valence-electron chi connectivity index (χ4n) is 6.78. The van der Waals surface area contributed by atoms with Crippen molar-refractivity contribution < 1.29 is 58.3 Å². The Morgan fingerprint density at radius 1 is 0.485 bits per heavy atom. The van der Waals surface area contributed by atoms with Gasteiger partial charge < -0.3 is 39.9 Å². The number of aliphatic hydroxyl groups is 5. The van der Waals surface area contributed by atoms with Gasteiger partial charge in [0.25, 0.3) is 0 Å². The van der Waals surface area contributed by atoms with Gasteiger partial charge in [0.2, 0.25) is 0 Å². The van der Waals surface area contributed by atoms with Crippen molar-refractivity contribution in [3.63, 3.8) is 0 Å². The fourth-order valence-corrected chi connectivity index (χ4v) is 7.76. The quantitative estimate of drug-likeness (QED) is 0.0148. The van der Waals surface area contributed by atoms with Crippen molar-refractivity contribution in [2.45, 2.75) is 198 Å². The number of unbranched alkanes of at least 4 members (excludes halogenated alkanes) is 10. The first kappa shape index (κ1) is 61.0. The summed E-state index contributed by atoms with van der Waals surface area (Å²) in [6, 6.07) is 0. The molecule has 0 aromatic carbocycles. The third-order valence-corrected chi connectivity index (χ3v) is 11.6. The van der Waals surface area contributed by atoms with Crippen molar-refractivity contribution in [3.05, 3.63) is 109 Å². The number of phosphoric acid groups is 1. The zero-order valence-corrected chi connectivity index (χ0v) is 41.1. The van der Waals surface area contributed by atoms with Crippen molar-refractivity contribution in [1.82, 2.24) is 0 Å². The van der Waals surface area contributed by atoms with E-state index in [1.807, 2.05) is 0 Å². The van der Waals surface area contributed by atoms with E-state index in [0.29, 0.717) is 13.0 Å². The molecule has 0 spiro atoms. The number of rotatable bonds is 40. The van der Waals surface area contributed by atoms with E-state index in [9.17, 15) is 39.8 Å². The lowest BCUT2D eigenvalue weighted by Gasteiger charge is -2.41. The zero-order chi connectivity index (χ0) is 48.4. The van der Waals surface area contributed by atoms with E-state index in [1.54, 1.807) is 0 Å². The van der Waals surface area contributed by atoms with Gasteiger partial charge >= 0.3 is 13.8 Å². The molecule has 0 aromatic rings. The van der Waals surface area contributed by atoms with Crippen LogP contribution in [-0.2, 0) is 27.9 Å². The first-order chi connectivity index (χ1) is 32.0. The first-order valence-electron chi connectivity index (χ1n) is 24.7. The predicted octanol–water partition coefficient (Wildman–Crippen LogP) is 10.9. The van der Waals surface area contributed by atoms with Crippen molar-refractivity contribution in [2.24, 2.45) is 0 Å². The van der Waals surface area contributed by atoms with Crippen molar-refractivity contribution in [2.75, 3.05) is 19.8 Å². The van der Waals surface area contributed by atoms with E-state index >= 15 is 0 Å². The molecule has 13 heteroatoms. The molecule has 1 fully saturated rings. The minimum atomic E-state index is -5.04. The van der Waals surface area contributed by atoms with Gasteiger partial charge in [0.15, 0.2) is 0 Å². The fraction of sp³-hybridized carbons (Fsp3) is 0.642. The highest BCUT2D eigenvalue weighted by Crippen LogP contribution is 2.47. The van der Waals surface area contributed by atoms with E-state index in [4.69, 9.17) is 18.5 Å². The van der Waals surface area contributed by atoms with Crippen LogP contribution in [-0.4, -0.2) is 98.9 Å². The Kier molecular flexibility index (Phi) is 38.9. The van der Waals surface area contributed by atoms with Gasteiger partial charge in [-0.1, -0.05) is 162 Å². The summed E-state index contributed by atoms with van der Waals surface area (Å²) < 4.78 is 34.2. The average Bonchev–Trinajstić information content (AvgIpc) is 3.30. The Morgan fingerprint density at radius 3 is 1.29 bits per heavy atom. The minimum absolute atomic E-state index is 0.111. The van der Waals surface area contributed by atoms with Crippen LogP contribution < -0.4 is 0 Å². The van der Waals surface area contributed by atoms with Crippen LogP contribution in [0.5, 0.6) is 0 Å². The van der Waals surface area contributed by atoms with Crippen LogP contribution in [0.1, 0.15) is 155 Å². The van der Waals surface area contributed by atoms with Crippen LogP contribution in [0.3, 0.4) is 0 Å². The molecule has 0 bridgehead atoms. The lowest BCUT2D eigenvalue weighted by atomic mass is 9.85. The molecule has 376 valence electrons. The Hall–Kier alpha value is -3.00. The highest BCUT2D eigenvalue weighted by molar-refractivity contribution is 7.47. The van der Waals surface area contributed by atoms with Gasteiger partial charge in [-0.25, -0.2) is 4.57 Å². The molecule has 1 saturated carbocycles. The third kappa shape index (κ3) is 33.5. The second-order valence-corrected chi connectivity index (χ2v) is 18.0.